The number of hydrogen-bond acceptors (Lipinski definition) is 2. The fourth-order valence-electron chi connectivity index (χ4n) is 2.14. The maximum absolute atomic E-state index is 13.7. The van der Waals surface area contributed by atoms with Gasteiger partial charge in [0.05, 0.1) is 12.5 Å². The lowest BCUT2D eigenvalue weighted by atomic mass is 10.1. The highest BCUT2D eigenvalue weighted by atomic mass is 35.5. The fourth-order valence-corrected chi connectivity index (χ4v) is 2.30. The topological polar surface area (TPSA) is 38.3 Å². The van der Waals surface area contributed by atoms with Gasteiger partial charge in [0.2, 0.25) is 5.91 Å². The third kappa shape index (κ3) is 5.25. The summed E-state index contributed by atoms with van der Waals surface area (Å²) in [7, 11) is 0. The second-order valence-electron chi connectivity index (χ2n) is 5.46. The minimum Gasteiger partial charge on any atom is -0.491 e. The molecule has 0 radical (unpaired) electrons. The molecule has 0 spiro atoms. The van der Waals surface area contributed by atoms with Crippen LogP contribution < -0.4 is 10.1 Å². The Bertz CT molecular complexity index is 690. The van der Waals surface area contributed by atoms with Gasteiger partial charge >= 0.3 is 0 Å². The molecule has 0 aliphatic heterocycles. The van der Waals surface area contributed by atoms with Gasteiger partial charge in [-0.2, -0.15) is 0 Å². The van der Waals surface area contributed by atoms with E-state index in [4.69, 9.17) is 16.3 Å². The number of carbonyl (C=O) groups is 1. The highest BCUT2D eigenvalue weighted by Crippen LogP contribution is 2.17. The van der Waals surface area contributed by atoms with Gasteiger partial charge in [-0.05, 0) is 43.2 Å². The number of carbonyl (C=O) groups excluding carboxylic acids is 1. The molecule has 2 aromatic carbocycles. The van der Waals surface area contributed by atoms with E-state index in [1.54, 1.807) is 6.07 Å². The van der Waals surface area contributed by atoms with Crippen molar-refractivity contribution < 1.29 is 13.9 Å². The zero-order valence-electron chi connectivity index (χ0n) is 13.1. The predicted octanol–water partition coefficient (Wildman–Crippen LogP) is 3.91. The van der Waals surface area contributed by atoms with Crippen LogP contribution in [0.1, 0.15) is 18.1 Å². The summed E-state index contributed by atoms with van der Waals surface area (Å²) < 4.78 is 19.4. The van der Waals surface area contributed by atoms with E-state index in [9.17, 15) is 9.18 Å². The summed E-state index contributed by atoms with van der Waals surface area (Å²) in [5.41, 5.74) is 1.35. The van der Waals surface area contributed by atoms with Gasteiger partial charge in [-0.25, -0.2) is 4.39 Å². The number of aryl methyl sites for hydroxylation is 1. The SMILES string of the molecule is Cc1ccccc1OC[C@@H](C)NC(=O)Cc1ccc(Cl)cc1F. The van der Waals surface area contributed by atoms with E-state index in [0.717, 1.165) is 11.3 Å². The lowest BCUT2D eigenvalue weighted by molar-refractivity contribution is -0.121. The molecule has 122 valence electrons. The fraction of sp³-hybridized carbons (Fsp3) is 0.278. The van der Waals surface area contributed by atoms with E-state index in [2.05, 4.69) is 5.32 Å². The molecule has 5 heteroatoms. The van der Waals surface area contributed by atoms with Crippen molar-refractivity contribution in [1.82, 2.24) is 5.32 Å². The quantitative estimate of drug-likeness (QED) is 0.869. The summed E-state index contributed by atoms with van der Waals surface area (Å²) in [6.45, 7) is 4.15. The molecule has 0 aliphatic rings. The summed E-state index contributed by atoms with van der Waals surface area (Å²) in [5, 5.41) is 3.11. The van der Waals surface area contributed by atoms with Gasteiger partial charge in [0.25, 0.3) is 0 Å². The minimum atomic E-state index is -0.475. The van der Waals surface area contributed by atoms with E-state index in [-0.39, 0.29) is 18.4 Å². The van der Waals surface area contributed by atoms with Gasteiger partial charge in [0.15, 0.2) is 0 Å². The van der Waals surface area contributed by atoms with Crippen LogP contribution in [0.5, 0.6) is 5.75 Å². The number of rotatable bonds is 6. The molecule has 1 atom stereocenters. The number of benzene rings is 2. The standard InChI is InChI=1S/C18H19ClFNO2/c1-12-5-3-4-6-17(12)23-11-13(2)21-18(22)9-14-7-8-15(19)10-16(14)20/h3-8,10,13H,9,11H2,1-2H3,(H,21,22)/t13-/m1/s1. The first-order valence-electron chi connectivity index (χ1n) is 7.37. The van der Waals surface area contributed by atoms with Crippen LogP contribution in [0.2, 0.25) is 5.02 Å². The summed E-state index contributed by atoms with van der Waals surface area (Å²) in [4.78, 5) is 12.0. The lowest BCUT2D eigenvalue weighted by Gasteiger charge is -2.16. The van der Waals surface area contributed by atoms with Crippen LogP contribution in [-0.2, 0) is 11.2 Å². The van der Waals surface area contributed by atoms with Crippen molar-refractivity contribution in [2.75, 3.05) is 6.61 Å². The molecule has 0 heterocycles. The van der Waals surface area contributed by atoms with Crippen molar-refractivity contribution in [2.45, 2.75) is 26.3 Å². The second kappa shape index (κ2) is 7.97. The number of hydrogen-bond donors (Lipinski definition) is 1. The zero-order valence-corrected chi connectivity index (χ0v) is 13.9. The lowest BCUT2D eigenvalue weighted by Crippen LogP contribution is -2.37. The van der Waals surface area contributed by atoms with Crippen molar-refractivity contribution in [3.05, 3.63) is 64.4 Å². The minimum absolute atomic E-state index is 0.0301. The number of amides is 1. The molecule has 3 nitrogen and oxygen atoms in total. The first-order valence-corrected chi connectivity index (χ1v) is 7.75. The predicted molar refractivity (Wildman–Crippen MR) is 89.4 cm³/mol. The van der Waals surface area contributed by atoms with Crippen LogP contribution in [0.25, 0.3) is 0 Å². The molecule has 0 saturated carbocycles. The Kier molecular flexibility index (Phi) is 5.99. The van der Waals surface area contributed by atoms with Crippen LogP contribution in [0, 0.1) is 12.7 Å². The molecule has 0 bridgehead atoms. The van der Waals surface area contributed by atoms with Gasteiger partial charge < -0.3 is 10.1 Å². The van der Waals surface area contributed by atoms with Crippen LogP contribution in [0.3, 0.4) is 0 Å². The summed E-state index contributed by atoms with van der Waals surface area (Å²) >= 11 is 5.69. The molecule has 0 aliphatic carbocycles. The molecule has 2 aromatic rings. The summed E-state index contributed by atoms with van der Waals surface area (Å²) in [6, 6.07) is 11.8. The number of halogens is 2. The monoisotopic (exact) mass is 335 g/mol. The Morgan fingerprint density at radius 3 is 2.74 bits per heavy atom. The molecule has 1 N–H and O–H groups in total. The number of nitrogens with one attached hydrogen (secondary N) is 1. The van der Waals surface area contributed by atoms with E-state index in [1.807, 2.05) is 38.1 Å². The largest absolute Gasteiger partial charge is 0.491 e. The smallest absolute Gasteiger partial charge is 0.224 e. The molecule has 0 unspecified atom stereocenters. The first-order chi connectivity index (χ1) is 11.0. The second-order valence-corrected chi connectivity index (χ2v) is 5.89. The molecule has 23 heavy (non-hydrogen) atoms. The Labute approximate surface area is 140 Å². The van der Waals surface area contributed by atoms with Crippen LogP contribution in [0.4, 0.5) is 4.39 Å². The van der Waals surface area contributed by atoms with Crippen molar-refractivity contribution >= 4 is 17.5 Å². The Morgan fingerprint density at radius 1 is 1.30 bits per heavy atom. The maximum atomic E-state index is 13.7. The average molecular weight is 336 g/mol. The van der Waals surface area contributed by atoms with Crippen LogP contribution >= 0.6 is 11.6 Å². The van der Waals surface area contributed by atoms with Gasteiger partial charge in [-0.15, -0.1) is 0 Å². The van der Waals surface area contributed by atoms with Crippen molar-refractivity contribution in [3.8, 4) is 5.75 Å². The third-order valence-electron chi connectivity index (χ3n) is 3.36. The molecule has 1 amide bonds. The normalized spacial score (nSPS) is 11.8. The molecular weight excluding hydrogens is 317 g/mol. The summed E-state index contributed by atoms with van der Waals surface area (Å²) in [6.07, 6.45) is -0.0301. The average Bonchev–Trinajstić information content (AvgIpc) is 2.49. The van der Waals surface area contributed by atoms with Gasteiger partial charge in [-0.1, -0.05) is 35.9 Å². The van der Waals surface area contributed by atoms with E-state index in [1.165, 1.54) is 12.1 Å². The zero-order chi connectivity index (χ0) is 16.8. The van der Waals surface area contributed by atoms with Gasteiger partial charge in [0, 0.05) is 5.02 Å². The number of ether oxygens (including phenoxy) is 1. The van der Waals surface area contributed by atoms with Crippen molar-refractivity contribution in [3.63, 3.8) is 0 Å². The van der Waals surface area contributed by atoms with Crippen LogP contribution in [0.15, 0.2) is 42.5 Å². The molecule has 0 fully saturated rings. The van der Waals surface area contributed by atoms with E-state index >= 15 is 0 Å². The van der Waals surface area contributed by atoms with Gasteiger partial charge in [0.1, 0.15) is 18.2 Å². The Balaban J connectivity index is 1.84. The maximum Gasteiger partial charge on any atom is 0.224 e. The first kappa shape index (κ1) is 17.3. The number of para-hydroxylation sites is 1. The molecule has 2 rings (SSSR count). The highest BCUT2D eigenvalue weighted by molar-refractivity contribution is 6.30. The van der Waals surface area contributed by atoms with E-state index < -0.39 is 5.82 Å². The van der Waals surface area contributed by atoms with Crippen molar-refractivity contribution in [2.24, 2.45) is 0 Å². The van der Waals surface area contributed by atoms with Crippen molar-refractivity contribution in [1.29, 1.82) is 0 Å². The molecular formula is C18H19ClFNO2. The summed E-state index contributed by atoms with van der Waals surface area (Å²) in [5.74, 6) is 0.0564. The van der Waals surface area contributed by atoms with Gasteiger partial charge in [-0.3, -0.25) is 4.79 Å². The Morgan fingerprint density at radius 2 is 2.04 bits per heavy atom. The van der Waals surface area contributed by atoms with E-state index in [0.29, 0.717) is 17.2 Å². The molecule has 0 aromatic heterocycles. The Hall–Kier alpha value is -2.07. The molecule has 0 saturated heterocycles. The highest BCUT2D eigenvalue weighted by Gasteiger charge is 2.12. The third-order valence-corrected chi connectivity index (χ3v) is 3.59. The van der Waals surface area contributed by atoms with Crippen LogP contribution in [-0.4, -0.2) is 18.6 Å².